The molecule has 13 heavy (non-hydrogen) atoms. The molecule has 0 saturated heterocycles. The first-order valence-electron chi connectivity index (χ1n) is 5.10. The Morgan fingerprint density at radius 3 is 2.77 bits per heavy atom. The van der Waals surface area contributed by atoms with Crippen molar-refractivity contribution in [2.75, 3.05) is 5.88 Å². The highest BCUT2D eigenvalue weighted by Crippen LogP contribution is 2.26. The molecule has 1 saturated carbocycles. The van der Waals surface area contributed by atoms with Gasteiger partial charge in [-0.1, -0.05) is 6.42 Å². The van der Waals surface area contributed by atoms with Gasteiger partial charge in [0.15, 0.2) is 0 Å². The first kappa shape index (κ1) is 10.8. The Labute approximate surface area is 85.0 Å². The van der Waals surface area contributed by atoms with Crippen LogP contribution in [0.15, 0.2) is 0 Å². The Hall–Kier alpha value is -0.240. The van der Waals surface area contributed by atoms with Gasteiger partial charge in [-0.25, -0.2) is 0 Å². The molecule has 1 rings (SSSR count). The third kappa shape index (κ3) is 3.55. The van der Waals surface area contributed by atoms with Crippen LogP contribution in [0.1, 0.15) is 39.0 Å². The summed E-state index contributed by atoms with van der Waals surface area (Å²) in [4.78, 5) is 11.5. The number of amides is 1. The molecule has 1 unspecified atom stereocenters. The Balaban J connectivity index is 2.11. The number of nitrogens with one attached hydrogen (secondary N) is 1. The van der Waals surface area contributed by atoms with E-state index in [0.717, 1.165) is 25.7 Å². The molecule has 1 atom stereocenters. The molecule has 1 N–H and O–H groups in total. The summed E-state index contributed by atoms with van der Waals surface area (Å²) in [5.41, 5.74) is 0. The Bertz CT molecular complexity index is 168. The first-order valence-corrected chi connectivity index (χ1v) is 5.64. The maximum atomic E-state index is 11.5. The molecule has 0 aromatic heterocycles. The number of hydrogen-bond acceptors (Lipinski definition) is 1. The van der Waals surface area contributed by atoms with Crippen LogP contribution in [-0.4, -0.2) is 17.8 Å². The van der Waals surface area contributed by atoms with Crippen molar-refractivity contribution in [1.29, 1.82) is 0 Å². The molecule has 0 heterocycles. The van der Waals surface area contributed by atoms with Crippen molar-refractivity contribution in [1.82, 2.24) is 5.32 Å². The zero-order valence-electron chi connectivity index (χ0n) is 8.18. The minimum absolute atomic E-state index is 0.244. The van der Waals surface area contributed by atoms with Crippen molar-refractivity contribution in [2.45, 2.75) is 45.1 Å². The fourth-order valence-electron chi connectivity index (χ4n) is 1.49. The summed E-state index contributed by atoms with van der Waals surface area (Å²) in [5, 5.41) is 3.02. The molecular weight excluding hydrogens is 186 g/mol. The Kier molecular flexibility index (Phi) is 4.57. The van der Waals surface area contributed by atoms with Crippen molar-refractivity contribution < 1.29 is 4.79 Å². The molecule has 3 heteroatoms. The van der Waals surface area contributed by atoms with E-state index >= 15 is 0 Å². The summed E-state index contributed by atoms with van der Waals surface area (Å²) in [6, 6.07) is 0.284. The SMILES string of the molecule is CC(CCCCl)NC(=O)C1CCC1. The smallest absolute Gasteiger partial charge is 0.223 e. The highest BCUT2D eigenvalue weighted by Gasteiger charge is 2.25. The zero-order valence-corrected chi connectivity index (χ0v) is 8.94. The van der Waals surface area contributed by atoms with E-state index in [0.29, 0.717) is 11.8 Å². The van der Waals surface area contributed by atoms with Gasteiger partial charge in [0.25, 0.3) is 0 Å². The lowest BCUT2D eigenvalue weighted by Crippen LogP contribution is -2.39. The summed E-state index contributed by atoms with van der Waals surface area (Å²) < 4.78 is 0. The summed E-state index contributed by atoms with van der Waals surface area (Å²) in [7, 11) is 0. The van der Waals surface area contributed by atoms with E-state index in [-0.39, 0.29) is 11.9 Å². The average Bonchev–Trinajstić information content (AvgIpc) is 1.97. The number of carbonyl (C=O) groups is 1. The normalized spacial score (nSPS) is 19.2. The molecular formula is C10H18ClNO. The van der Waals surface area contributed by atoms with Crippen molar-refractivity contribution in [3.63, 3.8) is 0 Å². The minimum atomic E-state index is 0.244. The predicted molar refractivity (Wildman–Crippen MR) is 54.9 cm³/mol. The first-order chi connectivity index (χ1) is 6.24. The molecule has 0 bridgehead atoms. The maximum Gasteiger partial charge on any atom is 0.223 e. The molecule has 1 fully saturated rings. The van der Waals surface area contributed by atoms with Gasteiger partial charge in [0.2, 0.25) is 5.91 Å². The zero-order chi connectivity index (χ0) is 9.68. The van der Waals surface area contributed by atoms with Crippen molar-refractivity contribution >= 4 is 17.5 Å². The number of rotatable bonds is 5. The molecule has 1 aliphatic carbocycles. The summed E-state index contributed by atoms with van der Waals surface area (Å²) in [5.74, 6) is 1.23. The molecule has 0 spiro atoms. The van der Waals surface area contributed by atoms with Crippen LogP contribution in [0.3, 0.4) is 0 Å². The van der Waals surface area contributed by atoms with E-state index in [1.165, 1.54) is 6.42 Å². The highest BCUT2D eigenvalue weighted by molar-refractivity contribution is 6.17. The highest BCUT2D eigenvalue weighted by atomic mass is 35.5. The summed E-state index contributed by atoms with van der Waals surface area (Å²) in [6.07, 6.45) is 5.34. The Morgan fingerprint density at radius 2 is 2.31 bits per heavy atom. The van der Waals surface area contributed by atoms with Crippen LogP contribution in [0.2, 0.25) is 0 Å². The summed E-state index contributed by atoms with van der Waals surface area (Å²) in [6.45, 7) is 2.04. The van der Waals surface area contributed by atoms with Crippen LogP contribution in [0, 0.1) is 5.92 Å². The maximum absolute atomic E-state index is 11.5. The monoisotopic (exact) mass is 203 g/mol. The standard InChI is InChI=1S/C10H18ClNO/c1-8(4-3-7-11)12-10(13)9-5-2-6-9/h8-9H,2-7H2,1H3,(H,12,13). The largest absolute Gasteiger partial charge is 0.353 e. The van der Waals surface area contributed by atoms with Crippen LogP contribution < -0.4 is 5.32 Å². The minimum Gasteiger partial charge on any atom is -0.353 e. The van der Waals surface area contributed by atoms with Crippen LogP contribution in [0.4, 0.5) is 0 Å². The lowest BCUT2D eigenvalue weighted by molar-refractivity contribution is -0.128. The molecule has 76 valence electrons. The quantitative estimate of drug-likeness (QED) is 0.683. The van der Waals surface area contributed by atoms with Gasteiger partial charge in [-0.15, -0.1) is 11.6 Å². The average molecular weight is 204 g/mol. The number of alkyl halides is 1. The van der Waals surface area contributed by atoms with Crippen LogP contribution >= 0.6 is 11.6 Å². The fraction of sp³-hybridized carbons (Fsp3) is 0.900. The second-order valence-corrected chi connectivity index (χ2v) is 4.25. The van der Waals surface area contributed by atoms with Crippen molar-refractivity contribution in [2.24, 2.45) is 5.92 Å². The van der Waals surface area contributed by atoms with Gasteiger partial charge in [0, 0.05) is 17.8 Å². The van der Waals surface area contributed by atoms with E-state index in [2.05, 4.69) is 5.32 Å². The van der Waals surface area contributed by atoms with Gasteiger partial charge in [0.05, 0.1) is 0 Å². The van der Waals surface area contributed by atoms with Gasteiger partial charge in [-0.3, -0.25) is 4.79 Å². The number of halogens is 1. The molecule has 1 aliphatic rings. The van der Waals surface area contributed by atoms with E-state index in [4.69, 9.17) is 11.6 Å². The van der Waals surface area contributed by atoms with Crippen molar-refractivity contribution in [3.05, 3.63) is 0 Å². The second kappa shape index (κ2) is 5.48. The van der Waals surface area contributed by atoms with Gasteiger partial charge in [-0.05, 0) is 32.6 Å². The van der Waals surface area contributed by atoms with E-state index in [9.17, 15) is 4.79 Å². The predicted octanol–water partition coefficient (Wildman–Crippen LogP) is 2.31. The molecule has 1 amide bonds. The molecule has 0 aromatic rings. The topological polar surface area (TPSA) is 29.1 Å². The van der Waals surface area contributed by atoms with Crippen LogP contribution in [0.5, 0.6) is 0 Å². The van der Waals surface area contributed by atoms with Gasteiger partial charge in [-0.2, -0.15) is 0 Å². The molecule has 0 aliphatic heterocycles. The molecule has 2 nitrogen and oxygen atoms in total. The van der Waals surface area contributed by atoms with Crippen molar-refractivity contribution in [3.8, 4) is 0 Å². The van der Waals surface area contributed by atoms with Crippen LogP contribution in [-0.2, 0) is 4.79 Å². The molecule has 0 radical (unpaired) electrons. The lowest BCUT2D eigenvalue weighted by Gasteiger charge is -2.26. The number of hydrogen-bond donors (Lipinski definition) is 1. The van der Waals surface area contributed by atoms with Gasteiger partial charge < -0.3 is 5.32 Å². The fourth-order valence-corrected chi connectivity index (χ4v) is 1.64. The summed E-state index contributed by atoms with van der Waals surface area (Å²) >= 11 is 5.57. The van der Waals surface area contributed by atoms with E-state index < -0.39 is 0 Å². The second-order valence-electron chi connectivity index (χ2n) is 3.87. The van der Waals surface area contributed by atoms with Crippen LogP contribution in [0.25, 0.3) is 0 Å². The van der Waals surface area contributed by atoms with E-state index in [1.807, 2.05) is 6.92 Å². The Morgan fingerprint density at radius 1 is 1.62 bits per heavy atom. The number of carbonyl (C=O) groups excluding carboxylic acids is 1. The van der Waals surface area contributed by atoms with Gasteiger partial charge >= 0.3 is 0 Å². The third-order valence-electron chi connectivity index (χ3n) is 2.64. The third-order valence-corrected chi connectivity index (χ3v) is 2.90. The van der Waals surface area contributed by atoms with E-state index in [1.54, 1.807) is 0 Å². The van der Waals surface area contributed by atoms with Gasteiger partial charge in [0.1, 0.15) is 0 Å². The lowest BCUT2D eigenvalue weighted by atomic mass is 9.84. The molecule has 0 aromatic carbocycles.